The molecule has 0 N–H and O–H groups in total. The van der Waals surface area contributed by atoms with Gasteiger partial charge in [-0.15, -0.1) is 0 Å². The van der Waals surface area contributed by atoms with Gasteiger partial charge in [-0.25, -0.2) is 4.39 Å². The Labute approximate surface area is 111 Å². The highest BCUT2D eigenvalue weighted by Gasteiger charge is 2.11. The zero-order chi connectivity index (χ0) is 14.3. The standard InChI is InChI=1S/C17H25F/c1-8-10-17(18)15(7)14(6)13(5)11-16(9-2)12(3)4/h8-10,17H,3,7,11H2,1-2,4-6H3/b10-8+,14-13-,16-9+. The van der Waals surface area contributed by atoms with E-state index >= 15 is 0 Å². The first kappa shape index (κ1) is 16.6. The molecule has 1 unspecified atom stereocenters. The molecule has 100 valence electrons. The normalized spacial score (nSPS) is 15.6. The first-order chi connectivity index (χ1) is 8.34. The Morgan fingerprint density at radius 1 is 1.17 bits per heavy atom. The van der Waals surface area contributed by atoms with Gasteiger partial charge in [-0.1, -0.05) is 42.5 Å². The summed E-state index contributed by atoms with van der Waals surface area (Å²) in [5.74, 6) is 0. The van der Waals surface area contributed by atoms with Crippen molar-refractivity contribution in [3.63, 3.8) is 0 Å². The van der Waals surface area contributed by atoms with Crippen molar-refractivity contribution in [2.24, 2.45) is 0 Å². The summed E-state index contributed by atoms with van der Waals surface area (Å²) in [4.78, 5) is 0. The van der Waals surface area contributed by atoms with Gasteiger partial charge in [0.15, 0.2) is 0 Å². The topological polar surface area (TPSA) is 0 Å². The number of allylic oxidation sites excluding steroid dienone is 8. The summed E-state index contributed by atoms with van der Waals surface area (Å²) in [6.07, 6.45) is 5.00. The van der Waals surface area contributed by atoms with E-state index in [2.05, 4.69) is 19.2 Å². The number of hydrogen-bond donors (Lipinski definition) is 0. The lowest BCUT2D eigenvalue weighted by molar-refractivity contribution is 0.453. The van der Waals surface area contributed by atoms with E-state index in [0.29, 0.717) is 5.57 Å². The molecule has 0 heterocycles. The van der Waals surface area contributed by atoms with Crippen molar-refractivity contribution in [1.82, 2.24) is 0 Å². The van der Waals surface area contributed by atoms with Crippen molar-refractivity contribution in [2.75, 3.05) is 0 Å². The summed E-state index contributed by atoms with van der Waals surface area (Å²) < 4.78 is 13.7. The van der Waals surface area contributed by atoms with Crippen molar-refractivity contribution in [3.05, 3.63) is 59.3 Å². The van der Waals surface area contributed by atoms with E-state index in [-0.39, 0.29) is 0 Å². The summed E-state index contributed by atoms with van der Waals surface area (Å²) in [5.41, 5.74) is 4.88. The average Bonchev–Trinajstić information content (AvgIpc) is 2.33. The van der Waals surface area contributed by atoms with Crippen molar-refractivity contribution in [1.29, 1.82) is 0 Å². The molecule has 0 amide bonds. The summed E-state index contributed by atoms with van der Waals surface area (Å²) in [6.45, 7) is 17.5. The first-order valence-corrected chi connectivity index (χ1v) is 6.28. The fraction of sp³-hybridized carbons (Fsp3) is 0.412. The highest BCUT2D eigenvalue weighted by molar-refractivity contribution is 5.40. The second-order valence-electron chi connectivity index (χ2n) is 4.63. The molecule has 0 saturated carbocycles. The summed E-state index contributed by atoms with van der Waals surface area (Å²) in [5, 5.41) is 0. The van der Waals surface area contributed by atoms with E-state index in [4.69, 9.17) is 0 Å². The van der Waals surface area contributed by atoms with E-state index in [1.54, 1.807) is 6.08 Å². The maximum Gasteiger partial charge on any atom is 0.143 e. The molecule has 0 aliphatic rings. The van der Waals surface area contributed by atoms with Crippen LogP contribution in [-0.2, 0) is 0 Å². The van der Waals surface area contributed by atoms with E-state index in [1.807, 2.05) is 34.6 Å². The average molecular weight is 248 g/mol. The van der Waals surface area contributed by atoms with Crippen LogP contribution in [0.1, 0.15) is 41.0 Å². The molecule has 0 aromatic carbocycles. The summed E-state index contributed by atoms with van der Waals surface area (Å²) in [6, 6.07) is 0. The molecular weight excluding hydrogens is 223 g/mol. The van der Waals surface area contributed by atoms with Gasteiger partial charge in [0, 0.05) is 0 Å². The van der Waals surface area contributed by atoms with Crippen molar-refractivity contribution in [2.45, 2.75) is 47.2 Å². The van der Waals surface area contributed by atoms with Gasteiger partial charge in [-0.3, -0.25) is 0 Å². The minimum Gasteiger partial charge on any atom is -0.238 e. The third-order valence-electron chi connectivity index (χ3n) is 3.17. The van der Waals surface area contributed by atoms with Crippen LogP contribution < -0.4 is 0 Å². The highest BCUT2D eigenvalue weighted by Crippen LogP contribution is 2.25. The predicted octanol–water partition coefficient (Wildman–Crippen LogP) is 5.71. The molecule has 0 aliphatic heterocycles. The molecule has 0 spiro atoms. The molecule has 0 bridgehead atoms. The van der Waals surface area contributed by atoms with Gasteiger partial charge in [0.05, 0.1) is 0 Å². The van der Waals surface area contributed by atoms with Crippen LogP contribution in [0.5, 0.6) is 0 Å². The largest absolute Gasteiger partial charge is 0.238 e. The Balaban J connectivity index is 5.02. The van der Waals surface area contributed by atoms with Crippen LogP contribution >= 0.6 is 0 Å². The molecule has 0 aliphatic carbocycles. The summed E-state index contributed by atoms with van der Waals surface area (Å²) in [7, 11) is 0. The van der Waals surface area contributed by atoms with Gasteiger partial charge < -0.3 is 0 Å². The lowest BCUT2D eigenvalue weighted by Gasteiger charge is -2.14. The van der Waals surface area contributed by atoms with Gasteiger partial charge >= 0.3 is 0 Å². The fourth-order valence-corrected chi connectivity index (χ4v) is 1.68. The third-order valence-corrected chi connectivity index (χ3v) is 3.17. The Hall–Kier alpha value is -1.37. The fourth-order valence-electron chi connectivity index (χ4n) is 1.68. The van der Waals surface area contributed by atoms with E-state index in [9.17, 15) is 4.39 Å². The summed E-state index contributed by atoms with van der Waals surface area (Å²) >= 11 is 0. The van der Waals surface area contributed by atoms with Gasteiger partial charge in [0.25, 0.3) is 0 Å². The maximum atomic E-state index is 13.7. The van der Waals surface area contributed by atoms with Crippen LogP contribution in [0.25, 0.3) is 0 Å². The highest BCUT2D eigenvalue weighted by atomic mass is 19.1. The molecule has 1 atom stereocenters. The Morgan fingerprint density at radius 3 is 2.11 bits per heavy atom. The lowest BCUT2D eigenvalue weighted by Crippen LogP contribution is -2.03. The number of hydrogen-bond acceptors (Lipinski definition) is 0. The number of alkyl halides is 1. The van der Waals surface area contributed by atoms with Crippen molar-refractivity contribution < 1.29 is 4.39 Å². The quantitative estimate of drug-likeness (QED) is 0.417. The smallest absolute Gasteiger partial charge is 0.143 e. The minimum absolute atomic E-state index is 0.544. The van der Waals surface area contributed by atoms with Crippen LogP contribution in [0, 0.1) is 0 Å². The lowest BCUT2D eigenvalue weighted by atomic mass is 9.93. The molecule has 0 rings (SSSR count). The molecular formula is C17H25F. The molecule has 0 fully saturated rings. The SMILES string of the molecule is C=C(C)/C(=C/C)C/C(C)=C(/C)C(=C)C(F)/C=C/C. The molecule has 0 saturated heterocycles. The molecule has 0 radical (unpaired) electrons. The minimum atomic E-state index is -1.09. The molecule has 0 nitrogen and oxygen atoms in total. The molecule has 1 heteroatoms. The zero-order valence-corrected chi connectivity index (χ0v) is 12.3. The molecule has 0 aromatic heterocycles. The predicted molar refractivity (Wildman–Crippen MR) is 80.4 cm³/mol. The monoisotopic (exact) mass is 248 g/mol. The van der Waals surface area contributed by atoms with Crippen molar-refractivity contribution in [3.8, 4) is 0 Å². The Morgan fingerprint density at radius 2 is 1.72 bits per heavy atom. The van der Waals surface area contributed by atoms with Crippen LogP contribution in [0.2, 0.25) is 0 Å². The number of rotatable bonds is 6. The van der Waals surface area contributed by atoms with Gasteiger partial charge in [-0.05, 0) is 57.8 Å². The van der Waals surface area contributed by atoms with Crippen LogP contribution in [0.15, 0.2) is 59.3 Å². The second-order valence-corrected chi connectivity index (χ2v) is 4.63. The van der Waals surface area contributed by atoms with Crippen LogP contribution in [0.4, 0.5) is 4.39 Å². The van der Waals surface area contributed by atoms with Crippen LogP contribution in [-0.4, -0.2) is 6.17 Å². The zero-order valence-electron chi connectivity index (χ0n) is 12.3. The third kappa shape index (κ3) is 4.87. The van der Waals surface area contributed by atoms with Crippen molar-refractivity contribution >= 4 is 0 Å². The van der Waals surface area contributed by atoms with E-state index < -0.39 is 6.17 Å². The van der Waals surface area contributed by atoms with Gasteiger partial charge in [-0.2, -0.15) is 0 Å². The molecule has 18 heavy (non-hydrogen) atoms. The second kappa shape index (κ2) is 7.86. The maximum absolute atomic E-state index is 13.7. The molecule has 0 aromatic rings. The number of halogens is 1. The Kier molecular flexibility index (Phi) is 7.26. The van der Waals surface area contributed by atoms with Crippen LogP contribution in [0.3, 0.4) is 0 Å². The Bertz CT molecular complexity index is 405. The van der Waals surface area contributed by atoms with Gasteiger partial charge in [0.1, 0.15) is 6.17 Å². The van der Waals surface area contributed by atoms with Gasteiger partial charge in [0.2, 0.25) is 0 Å². The first-order valence-electron chi connectivity index (χ1n) is 6.28. The van der Waals surface area contributed by atoms with E-state index in [1.165, 1.54) is 11.6 Å². The van der Waals surface area contributed by atoms with E-state index in [0.717, 1.165) is 23.1 Å².